The van der Waals surface area contributed by atoms with Gasteiger partial charge in [0.05, 0.1) is 11.7 Å². The Hall–Kier alpha value is -1.32. The normalized spacial score (nSPS) is 12.3. The molecule has 0 aliphatic rings. The van der Waals surface area contributed by atoms with Crippen molar-refractivity contribution in [3.8, 4) is 0 Å². The van der Waals surface area contributed by atoms with E-state index < -0.39 is 11.6 Å². The third kappa shape index (κ3) is 3.37. The van der Waals surface area contributed by atoms with E-state index in [1.807, 2.05) is 6.92 Å². The highest BCUT2D eigenvalue weighted by Gasteiger charge is 2.12. The second-order valence-electron chi connectivity index (χ2n) is 4.16. The summed E-state index contributed by atoms with van der Waals surface area (Å²) in [5.74, 6) is -0.851. The number of benzene rings is 2. The minimum atomic E-state index is -0.447. The molecule has 2 aromatic rings. The Kier molecular flexibility index (Phi) is 4.27. The van der Waals surface area contributed by atoms with Crippen LogP contribution in [0.1, 0.15) is 18.5 Å². The van der Waals surface area contributed by atoms with E-state index in [1.165, 1.54) is 18.2 Å². The van der Waals surface area contributed by atoms with Crippen LogP contribution in [0.25, 0.3) is 0 Å². The minimum Gasteiger partial charge on any atom is -0.376 e. The molecule has 0 heterocycles. The first-order valence-electron chi connectivity index (χ1n) is 5.64. The van der Waals surface area contributed by atoms with Crippen LogP contribution in [0.2, 0.25) is 10.0 Å². The Morgan fingerprint density at radius 2 is 1.79 bits per heavy atom. The van der Waals surface area contributed by atoms with Gasteiger partial charge in [-0.3, -0.25) is 0 Å². The third-order valence-electron chi connectivity index (χ3n) is 2.73. The Balaban J connectivity index is 2.23. The van der Waals surface area contributed by atoms with E-state index in [9.17, 15) is 8.78 Å². The summed E-state index contributed by atoms with van der Waals surface area (Å²) in [7, 11) is 0. The van der Waals surface area contributed by atoms with Gasteiger partial charge in [-0.15, -0.1) is 0 Å². The summed E-state index contributed by atoms with van der Waals surface area (Å²) in [4.78, 5) is 0. The van der Waals surface area contributed by atoms with Crippen molar-refractivity contribution in [2.24, 2.45) is 0 Å². The van der Waals surface area contributed by atoms with Crippen LogP contribution in [0.3, 0.4) is 0 Å². The SMILES string of the molecule is CC(Nc1ccc(Cl)cc1F)c1ccc(F)cc1Cl. The maximum atomic E-state index is 13.7. The molecule has 0 saturated heterocycles. The van der Waals surface area contributed by atoms with E-state index in [1.54, 1.807) is 18.2 Å². The Labute approximate surface area is 120 Å². The van der Waals surface area contributed by atoms with Gasteiger partial charge in [-0.05, 0) is 42.8 Å². The van der Waals surface area contributed by atoms with Crippen molar-refractivity contribution in [3.05, 3.63) is 63.6 Å². The van der Waals surface area contributed by atoms with Crippen molar-refractivity contribution in [1.82, 2.24) is 0 Å². The van der Waals surface area contributed by atoms with Crippen LogP contribution in [-0.2, 0) is 0 Å². The van der Waals surface area contributed by atoms with Crippen LogP contribution in [0, 0.1) is 11.6 Å². The monoisotopic (exact) mass is 301 g/mol. The average molecular weight is 302 g/mol. The molecule has 1 atom stereocenters. The Morgan fingerprint density at radius 3 is 2.42 bits per heavy atom. The van der Waals surface area contributed by atoms with Crippen LogP contribution < -0.4 is 5.32 Å². The molecule has 0 aromatic heterocycles. The molecule has 0 bridgehead atoms. The molecule has 1 unspecified atom stereocenters. The lowest BCUT2D eigenvalue weighted by Crippen LogP contribution is -2.08. The fourth-order valence-electron chi connectivity index (χ4n) is 1.77. The minimum absolute atomic E-state index is 0.260. The summed E-state index contributed by atoms with van der Waals surface area (Å²) < 4.78 is 26.6. The maximum absolute atomic E-state index is 13.7. The molecule has 0 aliphatic carbocycles. The second kappa shape index (κ2) is 5.76. The first kappa shape index (κ1) is 14.1. The lowest BCUT2D eigenvalue weighted by Gasteiger charge is -2.17. The highest BCUT2D eigenvalue weighted by Crippen LogP contribution is 2.28. The fourth-order valence-corrected chi connectivity index (χ4v) is 2.26. The molecule has 1 nitrogen and oxygen atoms in total. The van der Waals surface area contributed by atoms with Crippen LogP contribution in [0.15, 0.2) is 36.4 Å². The molecule has 0 spiro atoms. The van der Waals surface area contributed by atoms with Gasteiger partial charge in [-0.1, -0.05) is 29.3 Å². The summed E-state index contributed by atoms with van der Waals surface area (Å²) in [6, 6.07) is 8.22. The zero-order valence-electron chi connectivity index (χ0n) is 10.1. The predicted molar refractivity (Wildman–Crippen MR) is 74.9 cm³/mol. The number of nitrogens with one attached hydrogen (secondary N) is 1. The molecule has 0 aliphatic heterocycles. The van der Waals surface area contributed by atoms with Gasteiger partial charge in [0.15, 0.2) is 0 Å². The lowest BCUT2D eigenvalue weighted by atomic mass is 10.1. The first-order valence-corrected chi connectivity index (χ1v) is 6.39. The molecule has 2 aromatic carbocycles. The van der Waals surface area contributed by atoms with Crippen molar-refractivity contribution >= 4 is 28.9 Å². The smallest absolute Gasteiger partial charge is 0.147 e. The molecule has 0 fully saturated rings. The van der Waals surface area contributed by atoms with Gasteiger partial charge in [0, 0.05) is 10.0 Å². The van der Waals surface area contributed by atoms with E-state index in [0.29, 0.717) is 21.3 Å². The largest absolute Gasteiger partial charge is 0.376 e. The number of rotatable bonds is 3. The van der Waals surface area contributed by atoms with Crippen LogP contribution >= 0.6 is 23.2 Å². The Bertz CT molecular complexity index is 602. The molecular formula is C14H11Cl2F2N. The van der Waals surface area contributed by atoms with Crippen molar-refractivity contribution in [3.63, 3.8) is 0 Å². The third-order valence-corrected chi connectivity index (χ3v) is 3.29. The molecule has 100 valence electrons. The Morgan fingerprint density at radius 1 is 1.05 bits per heavy atom. The fraction of sp³-hybridized carbons (Fsp3) is 0.143. The van der Waals surface area contributed by atoms with Crippen molar-refractivity contribution in [2.75, 3.05) is 5.32 Å². The zero-order valence-corrected chi connectivity index (χ0v) is 11.6. The summed E-state index contributed by atoms with van der Waals surface area (Å²) in [6.07, 6.45) is 0. The molecule has 0 amide bonds. The van der Waals surface area contributed by atoms with Crippen molar-refractivity contribution in [2.45, 2.75) is 13.0 Å². The van der Waals surface area contributed by atoms with Gasteiger partial charge in [0.25, 0.3) is 0 Å². The number of hydrogen-bond donors (Lipinski definition) is 1. The molecule has 0 radical (unpaired) electrons. The number of anilines is 1. The van der Waals surface area contributed by atoms with E-state index in [4.69, 9.17) is 23.2 Å². The second-order valence-corrected chi connectivity index (χ2v) is 5.00. The average Bonchev–Trinajstić information content (AvgIpc) is 2.32. The van der Waals surface area contributed by atoms with Crippen LogP contribution in [0.4, 0.5) is 14.5 Å². The van der Waals surface area contributed by atoms with E-state index in [0.717, 1.165) is 0 Å². The summed E-state index contributed by atoms with van der Waals surface area (Å²) >= 11 is 11.6. The van der Waals surface area contributed by atoms with Gasteiger partial charge in [-0.2, -0.15) is 0 Å². The van der Waals surface area contributed by atoms with Gasteiger partial charge in [0.2, 0.25) is 0 Å². The molecule has 1 N–H and O–H groups in total. The quantitative estimate of drug-likeness (QED) is 0.795. The molecular weight excluding hydrogens is 291 g/mol. The summed E-state index contributed by atoms with van der Waals surface area (Å²) in [5.41, 5.74) is 1.01. The highest BCUT2D eigenvalue weighted by molar-refractivity contribution is 6.31. The zero-order chi connectivity index (χ0) is 14.0. The van der Waals surface area contributed by atoms with E-state index >= 15 is 0 Å². The van der Waals surface area contributed by atoms with Gasteiger partial charge >= 0.3 is 0 Å². The molecule has 5 heteroatoms. The predicted octanol–water partition coefficient (Wildman–Crippen LogP) is 5.44. The lowest BCUT2D eigenvalue weighted by molar-refractivity contribution is 0.623. The summed E-state index contributed by atoms with van der Waals surface area (Å²) in [6.45, 7) is 1.81. The molecule has 0 saturated carbocycles. The van der Waals surface area contributed by atoms with Crippen LogP contribution in [-0.4, -0.2) is 0 Å². The van der Waals surface area contributed by atoms with Crippen LogP contribution in [0.5, 0.6) is 0 Å². The standard InChI is InChI=1S/C14H11Cl2F2N/c1-8(11-4-3-10(17)7-12(11)16)19-14-5-2-9(15)6-13(14)18/h2-8,19H,1H3. The van der Waals surface area contributed by atoms with E-state index in [-0.39, 0.29) is 6.04 Å². The topological polar surface area (TPSA) is 12.0 Å². The first-order chi connectivity index (χ1) is 8.97. The number of hydrogen-bond acceptors (Lipinski definition) is 1. The van der Waals surface area contributed by atoms with E-state index in [2.05, 4.69) is 5.32 Å². The van der Waals surface area contributed by atoms with Gasteiger partial charge < -0.3 is 5.32 Å². The van der Waals surface area contributed by atoms with Crippen molar-refractivity contribution < 1.29 is 8.78 Å². The van der Waals surface area contributed by atoms with Crippen molar-refractivity contribution in [1.29, 1.82) is 0 Å². The van der Waals surface area contributed by atoms with Gasteiger partial charge in [0.1, 0.15) is 11.6 Å². The van der Waals surface area contributed by atoms with Gasteiger partial charge in [-0.25, -0.2) is 8.78 Å². The molecule has 2 rings (SSSR count). The molecule has 19 heavy (non-hydrogen) atoms. The highest BCUT2D eigenvalue weighted by atomic mass is 35.5. The maximum Gasteiger partial charge on any atom is 0.147 e. The number of halogens is 4. The summed E-state index contributed by atoms with van der Waals surface area (Å²) in [5, 5.41) is 3.60.